The van der Waals surface area contributed by atoms with Crippen molar-refractivity contribution in [3.05, 3.63) is 96.6 Å². The van der Waals surface area contributed by atoms with Gasteiger partial charge in [-0.1, -0.05) is 0 Å². The smallest absolute Gasteiger partial charge is 0.217 e. The van der Waals surface area contributed by atoms with Crippen LogP contribution in [0.4, 0.5) is 0 Å². The van der Waals surface area contributed by atoms with Crippen LogP contribution in [0.25, 0.3) is 0 Å². The molecule has 4 aromatic heterocycles. The van der Waals surface area contributed by atoms with Crippen LogP contribution in [-0.2, 0) is 37.9 Å². The molecule has 0 unspecified atom stereocenters. The second kappa shape index (κ2) is 12.2. The predicted molar refractivity (Wildman–Crippen MR) is 138 cm³/mol. The first-order chi connectivity index (χ1) is 20.7. The largest absolute Gasteiger partial charge is 0.464 e. The van der Waals surface area contributed by atoms with E-state index in [4.69, 9.17) is 55.6 Å². The second-order valence-corrected chi connectivity index (χ2v) is 10.9. The van der Waals surface area contributed by atoms with Crippen LogP contribution in [0.15, 0.2) is 91.3 Å². The van der Waals surface area contributed by atoms with Gasteiger partial charge in [-0.05, 0) is 48.5 Å². The summed E-state index contributed by atoms with van der Waals surface area (Å²) >= 11 is 0. The number of hydrogen-bond donors (Lipinski definition) is 0. The zero-order valence-electron chi connectivity index (χ0n) is 22.8. The molecule has 0 atom stereocenters. The lowest BCUT2D eigenvalue weighted by Crippen LogP contribution is -2.49. The van der Waals surface area contributed by atoms with Crippen molar-refractivity contribution in [1.29, 1.82) is 0 Å². The summed E-state index contributed by atoms with van der Waals surface area (Å²) in [6, 6.07) is 14.6. The molecule has 12 nitrogen and oxygen atoms in total. The molecule has 4 aliphatic rings. The van der Waals surface area contributed by atoms with E-state index in [9.17, 15) is 0 Å². The van der Waals surface area contributed by atoms with Crippen LogP contribution in [0.3, 0.4) is 0 Å². The molecule has 0 aromatic carbocycles. The third kappa shape index (κ3) is 5.98. The summed E-state index contributed by atoms with van der Waals surface area (Å²) in [5.74, 6) is 2.71. The van der Waals surface area contributed by atoms with Crippen molar-refractivity contribution in [2.45, 2.75) is 25.2 Å². The minimum absolute atomic E-state index is 0.272. The predicted octanol–water partition coefficient (Wildman–Crippen LogP) is 5.30. The van der Waals surface area contributed by atoms with Crippen molar-refractivity contribution in [1.82, 2.24) is 0 Å². The highest BCUT2D eigenvalue weighted by Gasteiger charge is 2.44. The molecular formula is C30H32O12. The summed E-state index contributed by atoms with van der Waals surface area (Å²) in [5.41, 5.74) is -0.543. The Morgan fingerprint density at radius 1 is 0.357 bits per heavy atom. The molecule has 4 saturated heterocycles. The van der Waals surface area contributed by atoms with Gasteiger partial charge in [0.05, 0.1) is 88.7 Å². The first kappa shape index (κ1) is 27.6. The van der Waals surface area contributed by atoms with E-state index in [-0.39, 0.29) is 10.8 Å². The van der Waals surface area contributed by atoms with Crippen LogP contribution in [0.1, 0.15) is 48.2 Å². The van der Waals surface area contributed by atoms with Crippen molar-refractivity contribution in [3.63, 3.8) is 0 Å². The van der Waals surface area contributed by atoms with Gasteiger partial charge in [0.15, 0.2) is 23.0 Å². The van der Waals surface area contributed by atoms with E-state index in [1.807, 2.05) is 48.5 Å². The van der Waals surface area contributed by atoms with Crippen LogP contribution < -0.4 is 0 Å². The molecule has 4 aromatic rings. The Morgan fingerprint density at radius 2 is 0.571 bits per heavy atom. The Hall–Kier alpha value is -3.20. The number of ether oxygens (including phenoxy) is 8. The Morgan fingerprint density at radius 3 is 0.738 bits per heavy atom. The topological polar surface area (TPSA) is 126 Å². The minimum Gasteiger partial charge on any atom is -0.464 e. The Bertz CT molecular complexity index is 1080. The maximum Gasteiger partial charge on any atom is 0.217 e. The van der Waals surface area contributed by atoms with Gasteiger partial charge in [0.1, 0.15) is 0 Å². The molecule has 2 spiro atoms. The van der Waals surface area contributed by atoms with Gasteiger partial charge in [-0.15, -0.1) is 0 Å². The molecule has 42 heavy (non-hydrogen) atoms. The maximum absolute atomic E-state index is 5.74. The summed E-state index contributed by atoms with van der Waals surface area (Å²) in [6.07, 6.45) is 4.62. The van der Waals surface area contributed by atoms with Crippen molar-refractivity contribution in [2.75, 3.05) is 52.9 Å². The lowest BCUT2D eigenvalue weighted by Gasteiger charge is -2.42. The molecule has 0 amide bonds. The molecule has 8 rings (SSSR count). The summed E-state index contributed by atoms with van der Waals surface area (Å²) in [6.45, 7) is 4.03. The molecule has 0 bridgehead atoms. The SMILES string of the molecule is c1coc(C2OCC3(CO2)COC(c2ccco2)OC3)c1.c1coc(C2OCC3(CO2)COC(c2ccco2)OC3)c1. The van der Waals surface area contributed by atoms with Crippen LogP contribution >= 0.6 is 0 Å². The molecule has 4 fully saturated rings. The van der Waals surface area contributed by atoms with Crippen molar-refractivity contribution in [2.24, 2.45) is 10.8 Å². The lowest BCUT2D eigenvalue weighted by molar-refractivity contribution is -0.312. The number of hydrogen-bond acceptors (Lipinski definition) is 12. The highest BCUT2D eigenvalue weighted by atomic mass is 16.7. The third-order valence-corrected chi connectivity index (χ3v) is 7.43. The van der Waals surface area contributed by atoms with Gasteiger partial charge in [-0.25, -0.2) is 0 Å². The highest BCUT2D eigenvalue weighted by molar-refractivity contribution is 5.04. The summed E-state index contributed by atoms with van der Waals surface area (Å²) in [7, 11) is 0. The Balaban J connectivity index is 0.000000137. The van der Waals surface area contributed by atoms with Crippen molar-refractivity contribution in [3.8, 4) is 0 Å². The van der Waals surface area contributed by atoms with Gasteiger partial charge in [0.2, 0.25) is 25.2 Å². The monoisotopic (exact) mass is 584 g/mol. The molecule has 4 aliphatic heterocycles. The van der Waals surface area contributed by atoms with Crippen LogP contribution in [-0.4, -0.2) is 52.9 Å². The number of rotatable bonds is 4. The van der Waals surface area contributed by atoms with Crippen molar-refractivity contribution < 1.29 is 55.6 Å². The van der Waals surface area contributed by atoms with Gasteiger partial charge in [-0.3, -0.25) is 0 Å². The average Bonchev–Trinajstić information content (AvgIpc) is 3.88. The average molecular weight is 585 g/mol. The fourth-order valence-electron chi connectivity index (χ4n) is 5.07. The van der Waals surface area contributed by atoms with Gasteiger partial charge < -0.3 is 55.6 Å². The highest BCUT2D eigenvalue weighted by Crippen LogP contribution is 2.39. The molecular weight excluding hydrogens is 552 g/mol. The van der Waals surface area contributed by atoms with Crippen LogP contribution in [0.2, 0.25) is 0 Å². The first-order valence-corrected chi connectivity index (χ1v) is 13.8. The Kier molecular flexibility index (Phi) is 8.02. The van der Waals surface area contributed by atoms with Gasteiger partial charge in [-0.2, -0.15) is 0 Å². The fraction of sp³-hybridized carbons (Fsp3) is 0.467. The maximum atomic E-state index is 5.74. The molecule has 0 radical (unpaired) electrons. The number of furan rings is 4. The molecule has 8 heterocycles. The van der Waals surface area contributed by atoms with E-state index >= 15 is 0 Å². The van der Waals surface area contributed by atoms with E-state index in [1.54, 1.807) is 25.1 Å². The van der Waals surface area contributed by atoms with E-state index in [0.717, 1.165) is 0 Å². The second-order valence-electron chi connectivity index (χ2n) is 10.9. The summed E-state index contributed by atoms with van der Waals surface area (Å²) < 4.78 is 67.1. The lowest BCUT2D eigenvalue weighted by atomic mass is 9.90. The van der Waals surface area contributed by atoms with Gasteiger partial charge in [0.25, 0.3) is 0 Å². The molecule has 0 saturated carbocycles. The van der Waals surface area contributed by atoms with Gasteiger partial charge >= 0.3 is 0 Å². The van der Waals surface area contributed by atoms with Gasteiger partial charge in [0, 0.05) is 0 Å². The van der Waals surface area contributed by atoms with E-state index in [0.29, 0.717) is 75.9 Å². The molecule has 0 aliphatic carbocycles. The summed E-state index contributed by atoms with van der Waals surface area (Å²) in [4.78, 5) is 0. The Labute approximate surface area is 241 Å². The van der Waals surface area contributed by atoms with Crippen LogP contribution in [0.5, 0.6) is 0 Å². The molecule has 0 N–H and O–H groups in total. The zero-order chi connectivity index (χ0) is 28.2. The quantitative estimate of drug-likeness (QED) is 0.309. The van der Waals surface area contributed by atoms with Crippen LogP contribution in [0, 0.1) is 10.8 Å². The standard InChI is InChI=1S/2C15H16O6/c2*1-3-11(16-5-1)13-18-7-15(8-19-13)9-20-14(21-10-15)12-4-2-6-17-12/h2*1-6,13-14H,7-10H2. The minimum atomic E-state index is -0.451. The van der Waals surface area contributed by atoms with E-state index < -0.39 is 25.2 Å². The molecule has 12 heteroatoms. The van der Waals surface area contributed by atoms with E-state index in [1.165, 1.54) is 0 Å². The molecule has 224 valence electrons. The third-order valence-electron chi connectivity index (χ3n) is 7.43. The summed E-state index contributed by atoms with van der Waals surface area (Å²) in [5, 5.41) is 0. The zero-order valence-corrected chi connectivity index (χ0v) is 22.8. The van der Waals surface area contributed by atoms with Crippen molar-refractivity contribution >= 4 is 0 Å². The normalized spacial score (nSPS) is 33.3. The fourth-order valence-corrected chi connectivity index (χ4v) is 5.07. The van der Waals surface area contributed by atoms with E-state index in [2.05, 4.69) is 0 Å². The first-order valence-electron chi connectivity index (χ1n) is 13.8.